The molecule has 2 unspecified atom stereocenters. The molecule has 2 atom stereocenters. The highest BCUT2D eigenvalue weighted by Gasteiger charge is 2.39. The van der Waals surface area contributed by atoms with Gasteiger partial charge in [-0.15, -0.1) is 0 Å². The largest absolute Gasteiger partial charge is 0.508 e. The van der Waals surface area contributed by atoms with Crippen LogP contribution in [0, 0.1) is 0 Å². The van der Waals surface area contributed by atoms with Crippen LogP contribution in [-0.4, -0.2) is 17.8 Å². The molecular formula is C11H15NO2. The first-order chi connectivity index (χ1) is 6.63. The van der Waals surface area contributed by atoms with Gasteiger partial charge in [-0.2, -0.15) is 0 Å². The molecule has 0 radical (unpaired) electrons. The third-order valence-corrected chi connectivity index (χ3v) is 2.98. The molecule has 3 nitrogen and oxygen atoms in total. The molecule has 3 heteroatoms. The molecule has 1 aliphatic heterocycles. The Morgan fingerprint density at radius 1 is 1.43 bits per heavy atom. The van der Waals surface area contributed by atoms with Gasteiger partial charge in [0, 0.05) is 12.6 Å². The molecule has 0 spiro atoms. The molecule has 1 saturated heterocycles. The number of hydrogen-bond donors (Lipinski definition) is 2. The van der Waals surface area contributed by atoms with Crippen molar-refractivity contribution in [2.24, 2.45) is 5.73 Å². The lowest BCUT2D eigenvalue weighted by Gasteiger charge is -2.28. The van der Waals surface area contributed by atoms with Gasteiger partial charge in [-0.1, -0.05) is 12.1 Å². The fraction of sp³-hybridized carbons (Fsp3) is 0.455. The van der Waals surface area contributed by atoms with Crippen LogP contribution in [0.3, 0.4) is 0 Å². The third kappa shape index (κ3) is 1.38. The standard InChI is InChI=1S/C11H15NO2/c1-11(10(12)6-7-14-11)8-2-4-9(13)5-3-8/h2-5,10,13H,6-7,12H2,1H3. The Kier molecular flexibility index (Phi) is 2.21. The summed E-state index contributed by atoms with van der Waals surface area (Å²) >= 11 is 0. The number of rotatable bonds is 1. The first-order valence-corrected chi connectivity index (χ1v) is 4.82. The van der Waals surface area contributed by atoms with Crippen LogP contribution in [0.25, 0.3) is 0 Å². The molecule has 0 amide bonds. The maximum atomic E-state index is 9.18. The van der Waals surface area contributed by atoms with Crippen molar-refractivity contribution < 1.29 is 9.84 Å². The molecule has 0 aliphatic carbocycles. The highest BCUT2D eigenvalue weighted by Crippen LogP contribution is 2.35. The number of hydrogen-bond acceptors (Lipinski definition) is 3. The van der Waals surface area contributed by atoms with E-state index >= 15 is 0 Å². The summed E-state index contributed by atoms with van der Waals surface area (Å²) in [7, 11) is 0. The van der Waals surface area contributed by atoms with E-state index in [4.69, 9.17) is 10.5 Å². The zero-order valence-electron chi connectivity index (χ0n) is 8.23. The second-order valence-corrected chi connectivity index (χ2v) is 3.90. The average Bonchev–Trinajstić information content (AvgIpc) is 2.49. The maximum Gasteiger partial charge on any atom is 0.115 e. The number of phenols is 1. The number of aromatic hydroxyl groups is 1. The van der Waals surface area contributed by atoms with E-state index in [1.807, 2.05) is 19.1 Å². The number of nitrogens with two attached hydrogens (primary N) is 1. The Hall–Kier alpha value is -1.06. The smallest absolute Gasteiger partial charge is 0.115 e. The van der Waals surface area contributed by atoms with Crippen molar-refractivity contribution in [3.05, 3.63) is 29.8 Å². The first kappa shape index (κ1) is 9.49. The number of phenolic OH excluding ortho intramolecular Hbond substituents is 1. The second kappa shape index (κ2) is 3.26. The van der Waals surface area contributed by atoms with Crippen LogP contribution in [0.5, 0.6) is 5.75 Å². The summed E-state index contributed by atoms with van der Waals surface area (Å²) in [5.74, 6) is 0.268. The quantitative estimate of drug-likeness (QED) is 0.708. The Bertz CT molecular complexity index is 323. The van der Waals surface area contributed by atoms with Gasteiger partial charge < -0.3 is 15.6 Å². The van der Waals surface area contributed by atoms with Crippen LogP contribution in [0.15, 0.2) is 24.3 Å². The van der Waals surface area contributed by atoms with Crippen molar-refractivity contribution in [1.29, 1.82) is 0 Å². The van der Waals surface area contributed by atoms with E-state index in [2.05, 4.69) is 0 Å². The van der Waals surface area contributed by atoms with Crippen LogP contribution in [-0.2, 0) is 10.3 Å². The summed E-state index contributed by atoms with van der Waals surface area (Å²) in [4.78, 5) is 0. The fourth-order valence-corrected chi connectivity index (χ4v) is 1.87. The minimum absolute atomic E-state index is 0.0343. The molecule has 3 N–H and O–H groups in total. The summed E-state index contributed by atoms with van der Waals surface area (Å²) in [5, 5.41) is 9.18. The van der Waals surface area contributed by atoms with E-state index in [0.29, 0.717) is 6.61 Å². The van der Waals surface area contributed by atoms with E-state index in [1.54, 1.807) is 12.1 Å². The van der Waals surface area contributed by atoms with E-state index in [9.17, 15) is 5.11 Å². The highest BCUT2D eigenvalue weighted by molar-refractivity contribution is 5.31. The summed E-state index contributed by atoms with van der Waals surface area (Å²) in [5.41, 5.74) is 6.63. The zero-order chi connectivity index (χ0) is 10.2. The van der Waals surface area contributed by atoms with E-state index in [-0.39, 0.29) is 11.8 Å². The zero-order valence-corrected chi connectivity index (χ0v) is 8.23. The molecule has 0 bridgehead atoms. The fourth-order valence-electron chi connectivity index (χ4n) is 1.87. The predicted octanol–water partition coefficient (Wildman–Crippen LogP) is 1.35. The second-order valence-electron chi connectivity index (χ2n) is 3.90. The molecule has 1 aromatic rings. The van der Waals surface area contributed by atoms with Gasteiger partial charge in [-0.25, -0.2) is 0 Å². The van der Waals surface area contributed by atoms with Gasteiger partial charge in [0.15, 0.2) is 0 Å². The van der Waals surface area contributed by atoms with Crippen molar-refractivity contribution in [1.82, 2.24) is 0 Å². The Morgan fingerprint density at radius 3 is 2.57 bits per heavy atom. The van der Waals surface area contributed by atoms with E-state index in [0.717, 1.165) is 12.0 Å². The summed E-state index contributed by atoms with van der Waals surface area (Å²) in [6.45, 7) is 2.70. The summed E-state index contributed by atoms with van der Waals surface area (Å²) in [6, 6.07) is 7.08. The van der Waals surface area contributed by atoms with E-state index < -0.39 is 5.60 Å². The maximum absolute atomic E-state index is 9.18. The van der Waals surface area contributed by atoms with Gasteiger partial charge in [0.25, 0.3) is 0 Å². The molecular weight excluding hydrogens is 178 g/mol. The van der Waals surface area contributed by atoms with Crippen LogP contribution in [0.1, 0.15) is 18.9 Å². The van der Waals surface area contributed by atoms with Gasteiger partial charge in [0.2, 0.25) is 0 Å². The van der Waals surface area contributed by atoms with Crippen molar-refractivity contribution in [2.75, 3.05) is 6.61 Å². The molecule has 1 aliphatic rings. The SMILES string of the molecule is CC1(c2ccc(O)cc2)OCCC1N. The van der Waals surface area contributed by atoms with Crippen LogP contribution < -0.4 is 5.73 Å². The predicted molar refractivity (Wildman–Crippen MR) is 54.0 cm³/mol. The van der Waals surface area contributed by atoms with E-state index in [1.165, 1.54) is 0 Å². The van der Waals surface area contributed by atoms with Gasteiger partial charge in [0.05, 0.1) is 0 Å². The van der Waals surface area contributed by atoms with Gasteiger partial charge >= 0.3 is 0 Å². The monoisotopic (exact) mass is 193 g/mol. The van der Waals surface area contributed by atoms with Gasteiger partial charge in [0.1, 0.15) is 11.4 Å². The Labute approximate surface area is 83.5 Å². The molecule has 0 saturated carbocycles. The summed E-state index contributed by atoms with van der Waals surface area (Å²) in [6.07, 6.45) is 0.886. The molecule has 1 heterocycles. The Balaban J connectivity index is 2.34. The summed E-state index contributed by atoms with van der Waals surface area (Å²) < 4.78 is 5.67. The molecule has 1 fully saturated rings. The van der Waals surface area contributed by atoms with Crippen LogP contribution in [0.2, 0.25) is 0 Å². The first-order valence-electron chi connectivity index (χ1n) is 4.82. The van der Waals surface area contributed by atoms with Gasteiger partial charge in [-0.3, -0.25) is 0 Å². The Morgan fingerprint density at radius 2 is 2.07 bits per heavy atom. The van der Waals surface area contributed by atoms with Crippen molar-refractivity contribution in [2.45, 2.75) is 25.0 Å². The third-order valence-electron chi connectivity index (χ3n) is 2.98. The van der Waals surface area contributed by atoms with Crippen molar-refractivity contribution in [3.8, 4) is 5.75 Å². The number of benzene rings is 1. The average molecular weight is 193 g/mol. The lowest BCUT2D eigenvalue weighted by Crippen LogP contribution is -2.39. The minimum atomic E-state index is -0.395. The molecule has 14 heavy (non-hydrogen) atoms. The molecule has 1 aromatic carbocycles. The van der Waals surface area contributed by atoms with Crippen molar-refractivity contribution >= 4 is 0 Å². The lowest BCUT2D eigenvalue weighted by molar-refractivity contribution is 0.00802. The van der Waals surface area contributed by atoms with Gasteiger partial charge in [-0.05, 0) is 31.0 Å². The van der Waals surface area contributed by atoms with Crippen LogP contribution in [0.4, 0.5) is 0 Å². The number of ether oxygens (including phenoxy) is 1. The molecule has 76 valence electrons. The highest BCUT2D eigenvalue weighted by atomic mass is 16.5. The topological polar surface area (TPSA) is 55.5 Å². The molecule has 2 rings (SSSR count). The lowest BCUT2D eigenvalue weighted by atomic mass is 9.89. The molecule has 0 aromatic heterocycles. The van der Waals surface area contributed by atoms with Crippen LogP contribution >= 0.6 is 0 Å². The normalized spacial score (nSPS) is 32.0. The van der Waals surface area contributed by atoms with Crippen molar-refractivity contribution in [3.63, 3.8) is 0 Å². The minimum Gasteiger partial charge on any atom is -0.508 e.